The standard InChI is InChI=1S/C6H9F2NO/c7-5(8)6-1-4(2-10-6)9-3-6/h4-5,9H,1-3H2. The zero-order valence-electron chi connectivity index (χ0n) is 5.44. The molecular formula is C6H9F2NO. The minimum absolute atomic E-state index is 0.175. The molecule has 2 aliphatic rings. The van der Waals surface area contributed by atoms with E-state index in [4.69, 9.17) is 4.74 Å². The van der Waals surface area contributed by atoms with Gasteiger partial charge in [0.05, 0.1) is 6.61 Å². The zero-order chi connectivity index (χ0) is 7.19. The SMILES string of the molecule is FC(F)C12CNC(CO1)C2. The Morgan fingerprint density at radius 1 is 1.60 bits per heavy atom. The third-order valence-electron chi connectivity index (χ3n) is 2.25. The Bertz CT molecular complexity index is 143. The zero-order valence-corrected chi connectivity index (χ0v) is 5.44. The topological polar surface area (TPSA) is 21.3 Å². The Labute approximate surface area is 57.5 Å². The first-order chi connectivity index (χ1) is 4.73. The van der Waals surface area contributed by atoms with Crippen molar-refractivity contribution in [3.63, 3.8) is 0 Å². The molecule has 2 atom stereocenters. The van der Waals surface area contributed by atoms with E-state index in [1.54, 1.807) is 0 Å². The smallest absolute Gasteiger partial charge is 0.268 e. The summed E-state index contributed by atoms with van der Waals surface area (Å²) in [5.74, 6) is 0. The van der Waals surface area contributed by atoms with Gasteiger partial charge in [-0.25, -0.2) is 8.78 Å². The fourth-order valence-electron chi connectivity index (χ4n) is 1.60. The van der Waals surface area contributed by atoms with Gasteiger partial charge >= 0.3 is 0 Å². The summed E-state index contributed by atoms with van der Waals surface area (Å²) in [5, 5.41) is 2.97. The van der Waals surface area contributed by atoms with Crippen molar-refractivity contribution in [2.24, 2.45) is 0 Å². The lowest BCUT2D eigenvalue weighted by Gasteiger charge is -2.25. The van der Waals surface area contributed by atoms with Crippen LogP contribution >= 0.6 is 0 Å². The number of halogens is 2. The molecule has 4 heteroatoms. The largest absolute Gasteiger partial charge is 0.366 e. The Balaban J connectivity index is 2.15. The molecule has 58 valence electrons. The molecule has 2 bridgehead atoms. The van der Waals surface area contributed by atoms with Gasteiger partial charge in [0.15, 0.2) is 0 Å². The van der Waals surface area contributed by atoms with E-state index in [0.29, 0.717) is 19.6 Å². The van der Waals surface area contributed by atoms with Gasteiger partial charge in [0.1, 0.15) is 5.60 Å². The molecular weight excluding hydrogens is 140 g/mol. The lowest BCUT2D eigenvalue weighted by molar-refractivity contribution is -0.109. The summed E-state index contributed by atoms with van der Waals surface area (Å²) in [5.41, 5.74) is -1.13. The second kappa shape index (κ2) is 1.89. The number of nitrogens with one attached hydrogen (secondary N) is 1. The molecule has 0 aliphatic carbocycles. The quantitative estimate of drug-likeness (QED) is 0.582. The summed E-state index contributed by atoms with van der Waals surface area (Å²) in [7, 11) is 0. The van der Waals surface area contributed by atoms with Crippen molar-refractivity contribution < 1.29 is 13.5 Å². The van der Waals surface area contributed by atoms with Gasteiger partial charge in [0.25, 0.3) is 6.43 Å². The van der Waals surface area contributed by atoms with Crippen molar-refractivity contribution in [1.29, 1.82) is 0 Å². The van der Waals surface area contributed by atoms with Gasteiger partial charge in [-0.2, -0.15) is 0 Å². The maximum Gasteiger partial charge on any atom is 0.268 e. The maximum absolute atomic E-state index is 12.3. The Kier molecular flexibility index (Phi) is 1.22. The summed E-state index contributed by atoms with van der Waals surface area (Å²) < 4.78 is 29.5. The molecule has 0 spiro atoms. The number of hydrogen-bond acceptors (Lipinski definition) is 2. The molecule has 2 heterocycles. The Hall–Kier alpha value is -0.220. The van der Waals surface area contributed by atoms with Crippen molar-refractivity contribution in [2.45, 2.75) is 24.5 Å². The normalized spacial score (nSPS) is 45.3. The number of ether oxygens (including phenoxy) is 1. The van der Waals surface area contributed by atoms with Crippen LogP contribution in [-0.4, -0.2) is 31.2 Å². The van der Waals surface area contributed by atoms with Gasteiger partial charge < -0.3 is 10.1 Å². The van der Waals surface area contributed by atoms with Crippen LogP contribution in [0.25, 0.3) is 0 Å². The van der Waals surface area contributed by atoms with Crippen LogP contribution < -0.4 is 5.32 Å². The van der Waals surface area contributed by atoms with Crippen molar-refractivity contribution in [3.8, 4) is 0 Å². The van der Waals surface area contributed by atoms with Crippen LogP contribution in [0.5, 0.6) is 0 Å². The maximum atomic E-state index is 12.3. The molecule has 2 unspecified atom stereocenters. The van der Waals surface area contributed by atoms with Crippen LogP contribution in [0.2, 0.25) is 0 Å². The summed E-state index contributed by atoms with van der Waals surface area (Å²) >= 11 is 0. The average Bonchev–Trinajstić information content (AvgIpc) is 2.45. The van der Waals surface area contributed by atoms with Crippen LogP contribution in [0, 0.1) is 0 Å². The van der Waals surface area contributed by atoms with Crippen LogP contribution in [0.15, 0.2) is 0 Å². The van der Waals surface area contributed by atoms with E-state index in [1.807, 2.05) is 0 Å². The third-order valence-corrected chi connectivity index (χ3v) is 2.25. The van der Waals surface area contributed by atoms with Crippen molar-refractivity contribution >= 4 is 0 Å². The molecule has 2 saturated heterocycles. The van der Waals surface area contributed by atoms with Gasteiger partial charge in [-0.3, -0.25) is 0 Å². The highest BCUT2D eigenvalue weighted by atomic mass is 19.3. The summed E-state index contributed by atoms with van der Waals surface area (Å²) in [6.45, 7) is 0.764. The van der Waals surface area contributed by atoms with Gasteiger partial charge in [-0.15, -0.1) is 0 Å². The predicted octanol–water partition coefficient (Wildman–Crippen LogP) is 0.382. The molecule has 2 rings (SSSR count). The van der Waals surface area contributed by atoms with E-state index < -0.39 is 12.0 Å². The summed E-state index contributed by atoms with van der Waals surface area (Å²) in [6.07, 6.45) is -1.86. The number of alkyl halides is 2. The molecule has 10 heavy (non-hydrogen) atoms. The highest BCUT2D eigenvalue weighted by Gasteiger charge is 2.52. The molecule has 2 aliphatic heterocycles. The first kappa shape index (κ1) is 6.49. The first-order valence-electron chi connectivity index (χ1n) is 3.38. The second-order valence-corrected chi connectivity index (χ2v) is 2.96. The number of hydrogen-bond donors (Lipinski definition) is 1. The second-order valence-electron chi connectivity index (χ2n) is 2.96. The molecule has 0 aromatic carbocycles. The van der Waals surface area contributed by atoms with Crippen LogP contribution in [0.3, 0.4) is 0 Å². The van der Waals surface area contributed by atoms with Crippen molar-refractivity contribution in [3.05, 3.63) is 0 Å². The van der Waals surface area contributed by atoms with Gasteiger partial charge in [-0.1, -0.05) is 0 Å². The third kappa shape index (κ3) is 0.689. The van der Waals surface area contributed by atoms with Gasteiger partial charge in [-0.05, 0) is 0 Å². The Morgan fingerprint density at radius 3 is 2.60 bits per heavy atom. The number of fused-ring (bicyclic) bond motifs is 2. The highest BCUT2D eigenvalue weighted by molar-refractivity contribution is 5.02. The minimum atomic E-state index is -2.34. The molecule has 0 amide bonds. The van der Waals surface area contributed by atoms with E-state index in [1.165, 1.54) is 0 Å². The number of morpholine rings is 1. The van der Waals surface area contributed by atoms with Crippen LogP contribution in [-0.2, 0) is 4.74 Å². The van der Waals surface area contributed by atoms with E-state index >= 15 is 0 Å². The monoisotopic (exact) mass is 149 g/mol. The van der Waals surface area contributed by atoms with Crippen molar-refractivity contribution in [1.82, 2.24) is 5.32 Å². The average molecular weight is 149 g/mol. The van der Waals surface area contributed by atoms with E-state index in [9.17, 15) is 8.78 Å². The van der Waals surface area contributed by atoms with E-state index in [-0.39, 0.29) is 6.04 Å². The predicted molar refractivity (Wildman–Crippen MR) is 31.1 cm³/mol. The minimum Gasteiger partial charge on any atom is -0.366 e. The van der Waals surface area contributed by atoms with Crippen LogP contribution in [0.4, 0.5) is 8.78 Å². The molecule has 2 fully saturated rings. The highest BCUT2D eigenvalue weighted by Crippen LogP contribution is 2.36. The number of rotatable bonds is 1. The summed E-state index contributed by atoms with van der Waals surface area (Å²) in [6, 6.07) is 0.175. The Morgan fingerprint density at radius 2 is 2.40 bits per heavy atom. The van der Waals surface area contributed by atoms with Crippen molar-refractivity contribution in [2.75, 3.05) is 13.2 Å². The molecule has 0 aromatic rings. The van der Waals surface area contributed by atoms with E-state index in [0.717, 1.165) is 0 Å². The molecule has 0 aromatic heterocycles. The molecule has 0 radical (unpaired) electrons. The van der Waals surface area contributed by atoms with Crippen LogP contribution in [0.1, 0.15) is 6.42 Å². The van der Waals surface area contributed by atoms with Gasteiger partial charge in [0, 0.05) is 19.0 Å². The van der Waals surface area contributed by atoms with Gasteiger partial charge in [0.2, 0.25) is 0 Å². The molecule has 1 N–H and O–H groups in total. The lowest BCUT2D eigenvalue weighted by Crippen LogP contribution is -2.44. The fourth-order valence-corrected chi connectivity index (χ4v) is 1.60. The molecule has 2 nitrogen and oxygen atoms in total. The lowest BCUT2D eigenvalue weighted by atomic mass is 10.0. The fraction of sp³-hybridized carbons (Fsp3) is 1.00. The summed E-state index contributed by atoms with van der Waals surface area (Å²) in [4.78, 5) is 0. The molecule has 0 saturated carbocycles. The first-order valence-corrected chi connectivity index (χ1v) is 3.38. The van der Waals surface area contributed by atoms with E-state index in [2.05, 4.69) is 5.32 Å².